The topological polar surface area (TPSA) is 49.8 Å². The van der Waals surface area contributed by atoms with Gasteiger partial charge >= 0.3 is 0 Å². The van der Waals surface area contributed by atoms with Crippen molar-refractivity contribution in [3.05, 3.63) is 71.9 Å². The van der Waals surface area contributed by atoms with Crippen LogP contribution >= 0.6 is 11.8 Å². The molecule has 4 heteroatoms. The summed E-state index contributed by atoms with van der Waals surface area (Å²) in [6.45, 7) is 0. The smallest absolute Gasteiger partial charge is 0.228 e. The van der Waals surface area contributed by atoms with Crippen molar-refractivity contribution in [3.63, 3.8) is 0 Å². The summed E-state index contributed by atoms with van der Waals surface area (Å²) in [5.41, 5.74) is 2.40. The number of benzene rings is 2. The first-order valence-corrected chi connectivity index (χ1v) is 7.48. The molecule has 2 aromatic carbocycles. The average Bonchev–Trinajstić information content (AvgIpc) is 2.98. The fourth-order valence-electron chi connectivity index (χ4n) is 1.90. The Labute approximate surface area is 127 Å². The fourth-order valence-corrected chi connectivity index (χ4v) is 2.76. The minimum atomic E-state index is 0.342. The minimum Gasteiger partial charge on any atom is -0.428 e. The van der Waals surface area contributed by atoms with Gasteiger partial charge in [-0.1, -0.05) is 60.3 Å². The molecule has 0 N–H and O–H groups in total. The van der Waals surface area contributed by atoms with Gasteiger partial charge in [0.2, 0.25) is 5.89 Å². The highest BCUT2D eigenvalue weighted by Gasteiger charge is 2.14. The molecule has 0 saturated heterocycles. The zero-order valence-corrected chi connectivity index (χ0v) is 12.0. The van der Waals surface area contributed by atoms with E-state index < -0.39 is 0 Å². The van der Waals surface area contributed by atoms with E-state index in [2.05, 4.69) is 11.1 Å². The first-order valence-electron chi connectivity index (χ1n) is 6.50. The van der Waals surface area contributed by atoms with Crippen LogP contribution in [-0.4, -0.2) is 4.98 Å². The molecule has 3 rings (SSSR count). The Bertz CT molecular complexity index is 760. The van der Waals surface area contributed by atoms with Crippen molar-refractivity contribution < 1.29 is 4.42 Å². The predicted molar refractivity (Wildman–Crippen MR) is 82.7 cm³/mol. The quantitative estimate of drug-likeness (QED) is 0.664. The van der Waals surface area contributed by atoms with Crippen molar-refractivity contribution in [2.75, 3.05) is 0 Å². The third kappa shape index (κ3) is 3.15. The maximum absolute atomic E-state index is 9.19. The van der Waals surface area contributed by atoms with Gasteiger partial charge < -0.3 is 4.42 Å². The number of thioether (sulfide) groups is 1. The molecule has 0 aliphatic rings. The SMILES string of the molecule is N#Cc1nc(-c2ccccc2)oc1SCc1ccccc1. The van der Waals surface area contributed by atoms with Gasteiger partial charge in [-0.3, -0.25) is 0 Å². The molecule has 1 aromatic heterocycles. The maximum Gasteiger partial charge on any atom is 0.228 e. The Balaban J connectivity index is 1.82. The summed E-state index contributed by atoms with van der Waals surface area (Å²) in [7, 11) is 0. The van der Waals surface area contributed by atoms with Crippen molar-refractivity contribution in [2.45, 2.75) is 10.8 Å². The van der Waals surface area contributed by atoms with Crippen LogP contribution in [-0.2, 0) is 5.75 Å². The summed E-state index contributed by atoms with van der Waals surface area (Å²) < 4.78 is 5.74. The van der Waals surface area contributed by atoms with Crippen LogP contribution < -0.4 is 0 Å². The third-order valence-electron chi connectivity index (χ3n) is 2.94. The van der Waals surface area contributed by atoms with Gasteiger partial charge in [0.1, 0.15) is 6.07 Å². The maximum atomic E-state index is 9.19. The Morgan fingerprint density at radius 2 is 1.67 bits per heavy atom. The van der Waals surface area contributed by atoms with Crippen molar-refractivity contribution in [1.82, 2.24) is 4.98 Å². The molecule has 21 heavy (non-hydrogen) atoms. The third-order valence-corrected chi connectivity index (χ3v) is 3.95. The average molecular weight is 292 g/mol. The minimum absolute atomic E-state index is 0.342. The lowest BCUT2D eigenvalue weighted by atomic mass is 10.2. The molecule has 0 spiro atoms. The summed E-state index contributed by atoms with van der Waals surface area (Å²) in [5, 5.41) is 9.76. The van der Waals surface area contributed by atoms with E-state index in [4.69, 9.17) is 4.42 Å². The van der Waals surface area contributed by atoms with Crippen LogP contribution in [0.15, 0.2) is 70.2 Å². The molecule has 0 fully saturated rings. The molecule has 0 atom stereocenters. The van der Waals surface area contributed by atoms with Gasteiger partial charge in [0.05, 0.1) is 0 Å². The van der Waals surface area contributed by atoms with E-state index >= 15 is 0 Å². The zero-order chi connectivity index (χ0) is 14.5. The van der Waals surface area contributed by atoms with Crippen molar-refractivity contribution >= 4 is 11.8 Å². The van der Waals surface area contributed by atoms with Gasteiger partial charge in [0.25, 0.3) is 0 Å². The lowest BCUT2D eigenvalue weighted by molar-refractivity contribution is 0.483. The van der Waals surface area contributed by atoms with Gasteiger partial charge in [0.15, 0.2) is 10.8 Å². The number of hydrogen-bond acceptors (Lipinski definition) is 4. The van der Waals surface area contributed by atoms with Gasteiger partial charge in [-0.15, -0.1) is 0 Å². The summed E-state index contributed by atoms with van der Waals surface area (Å²) in [6, 6.07) is 21.8. The molecule has 102 valence electrons. The lowest BCUT2D eigenvalue weighted by Crippen LogP contribution is -1.80. The lowest BCUT2D eigenvalue weighted by Gasteiger charge is -1.98. The van der Waals surface area contributed by atoms with Crippen LogP contribution in [0.3, 0.4) is 0 Å². The van der Waals surface area contributed by atoms with Gasteiger partial charge in [0, 0.05) is 11.3 Å². The number of rotatable bonds is 4. The van der Waals surface area contributed by atoms with E-state index in [0.29, 0.717) is 16.7 Å². The van der Waals surface area contributed by atoms with E-state index in [1.165, 1.54) is 17.3 Å². The molecule has 0 saturated carbocycles. The molecular weight excluding hydrogens is 280 g/mol. The van der Waals surface area contributed by atoms with E-state index in [1.54, 1.807) is 0 Å². The molecule has 1 heterocycles. The molecule has 3 nitrogen and oxygen atoms in total. The first kappa shape index (κ1) is 13.5. The normalized spacial score (nSPS) is 10.2. The van der Waals surface area contributed by atoms with Gasteiger partial charge in [-0.05, 0) is 17.7 Å². The molecule has 0 aliphatic carbocycles. The second-order valence-corrected chi connectivity index (χ2v) is 5.36. The van der Waals surface area contributed by atoms with Gasteiger partial charge in [-0.2, -0.15) is 10.2 Å². The Hall–Kier alpha value is -2.51. The van der Waals surface area contributed by atoms with E-state index in [1.807, 2.05) is 60.7 Å². The first-order chi connectivity index (χ1) is 10.4. The molecule has 0 aliphatic heterocycles. The summed E-state index contributed by atoms with van der Waals surface area (Å²) in [5.74, 6) is 1.24. The van der Waals surface area contributed by atoms with Crippen molar-refractivity contribution in [1.29, 1.82) is 5.26 Å². The highest BCUT2D eigenvalue weighted by molar-refractivity contribution is 7.98. The summed E-state index contributed by atoms with van der Waals surface area (Å²) in [4.78, 5) is 4.26. The van der Waals surface area contributed by atoms with Crippen LogP contribution in [0.1, 0.15) is 11.3 Å². The monoisotopic (exact) mass is 292 g/mol. The Morgan fingerprint density at radius 3 is 2.33 bits per heavy atom. The molecular formula is C17H12N2OS. The van der Waals surface area contributed by atoms with Gasteiger partial charge in [-0.25, -0.2) is 0 Å². The highest BCUT2D eigenvalue weighted by atomic mass is 32.2. The molecule has 3 aromatic rings. The van der Waals surface area contributed by atoms with E-state index in [-0.39, 0.29) is 0 Å². The molecule has 0 unspecified atom stereocenters. The highest BCUT2D eigenvalue weighted by Crippen LogP contribution is 2.30. The second-order valence-electron chi connectivity index (χ2n) is 4.41. The number of aromatic nitrogens is 1. The Kier molecular flexibility index (Phi) is 4.04. The molecule has 0 bridgehead atoms. The summed E-state index contributed by atoms with van der Waals surface area (Å²) >= 11 is 1.49. The fraction of sp³-hybridized carbons (Fsp3) is 0.0588. The Morgan fingerprint density at radius 1 is 1.00 bits per heavy atom. The largest absolute Gasteiger partial charge is 0.428 e. The van der Waals surface area contributed by atoms with E-state index in [0.717, 1.165) is 11.3 Å². The van der Waals surface area contributed by atoms with Crippen LogP contribution in [0.4, 0.5) is 0 Å². The number of oxazole rings is 1. The standard InChI is InChI=1S/C17H12N2OS/c18-11-15-17(21-12-13-7-3-1-4-8-13)20-16(19-15)14-9-5-2-6-10-14/h1-10H,12H2. The molecule has 0 radical (unpaired) electrons. The van der Waals surface area contributed by atoms with Crippen LogP contribution in [0.25, 0.3) is 11.5 Å². The van der Waals surface area contributed by atoms with Crippen LogP contribution in [0, 0.1) is 11.3 Å². The zero-order valence-electron chi connectivity index (χ0n) is 11.2. The van der Waals surface area contributed by atoms with Crippen LogP contribution in [0.2, 0.25) is 0 Å². The van der Waals surface area contributed by atoms with Crippen LogP contribution in [0.5, 0.6) is 0 Å². The second kappa shape index (κ2) is 6.29. The van der Waals surface area contributed by atoms with E-state index in [9.17, 15) is 5.26 Å². The van der Waals surface area contributed by atoms with Crippen molar-refractivity contribution in [3.8, 4) is 17.5 Å². The number of nitrogens with zero attached hydrogens (tertiary/aromatic N) is 2. The number of nitriles is 1. The molecule has 0 amide bonds. The predicted octanol–water partition coefficient (Wildman–Crippen LogP) is 4.51. The van der Waals surface area contributed by atoms with Crippen molar-refractivity contribution in [2.24, 2.45) is 0 Å². The summed E-state index contributed by atoms with van der Waals surface area (Å²) in [6.07, 6.45) is 0. The number of hydrogen-bond donors (Lipinski definition) is 0.